The zero-order valence-electron chi connectivity index (χ0n) is 8.53. The molecule has 0 bridgehead atoms. The van der Waals surface area contributed by atoms with E-state index in [1.807, 2.05) is 30.7 Å². The third kappa shape index (κ3) is 1.57. The van der Waals surface area contributed by atoms with Gasteiger partial charge in [-0.2, -0.15) is 5.26 Å². The molecule has 1 aromatic heterocycles. The van der Waals surface area contributed by atoms with Crippen LogP contribution in [-0.4, -0.2) is 9.55 Å². The van der Waals surface area contributed by atoms with Gasteiger partial charge >= 0.3 is 0 Å². The molecule has 0 amide bonds. The van der Waals surface area contributed by atoms with Crippen molar-refractivity contribution in [2.45, 2.75) is 12.3 Å². The van der Waals surface area contributed by atoms with E-state index in [2.05, 4.69) is 11.1 Å². The van der Waals surface area contributed by atoms with Crippen molar-refractivity contribution in [1.82, 2.24) is 9.55 Å². The van der Waals surface area contributed by atoms with Gasteiger partial charge in [0, 0.05) is 7.05 Å². The maximum absolute atomic E-state index is 8.80. The minimum absolute atomic E-state index is 0.132. The fourth-order valence-corrected chi connectivity index (χ4v) is 1.83. The number of rotatable bonds is 1. The van der Waals surface area contributed by atoms with E-state index >= 15 is 0 Å². The summed E-state index contributed by atoms with van der Waals surface area (Å²) in [7, 11) is 1.91. The first-order chi connectivity index (χ1) is 7.13. The van der Waals surface area contributed by atoms with E-state index in [4.69, 9.17) is 16.9 Å². The highest BCUT2D eigenvalue weighted by molar-refractivity contribution is 6.20. The molecule has 3 nitrogen and oxygen atoms in total. The predicted molar refractivity (Wildman–Crippen MR) is 59.7 cm³/mol. The molecule has 0 radical (unpaired) electrons. The lowest BCUT2D eigenvalue weighted by Gasteiger charge is -2.02. The molecule has 1 unspecified atom stereocenters. The molecule has 0 saturated carbocycles. The van der Waals surface area contributed by atoms with Gasteiger partial charge in [0.2, 0.25) is 0 Å². The van der Waals surface area contributed by atoms with Crippen LogP contribution in [0.5, 0.6) is 0 Å². The Labute approximate surface area is 92.9 Å². The van der Waals surface area contributed by atoms with E-state index in [0.29, 0.717) is 5.56 Å². The fraction of sp³-hybridized carbons (Fsp3) is 0.273. The number of nitrogens with zero attached hydrogens (tertiary/aromatic N) is 3. The quantitative estimate of drug-likeness (QED) is 0.692. The van der Waals surface area contributed by atoms with Crippen molar-refractivity contribution in [2.75, 3.05) is 0 Å². The number of benzene rings is 1. The van der Waals surface area contributed by atoms with Gasteiger partial charge in [-0.3, -0.25) is 0 Å². The van der Waals surface area contributed by atoms with Gasteiger partial charge in [0.1, 0.15) is 5.82 Å². The van der Waals surface area contributed by atoms with E-state index in [-0.39, 0.29) is 5.38 Å². The van der Waals surface area contributed by atoms with Crippen molar-refractivity contribution >= 4 is 22.6 Å². The second-order valence-electron chi connectivity index (χ2n) is 3.46. The highest BCUT2D eigenvalue weighted by atomic mass is 35.5. The van der Waals surface area contributed by atoms with Gasteiger partial charge in [0.05, 0.1) is 28.0 Å². The van der Waals surface area contributed by atoms with Gasteiger partial charge in [-0.15, -0.1) is 11.6 Å². The van der Waals surface area contributed by atoms with Crippen molar-refractivity contribution in [3.63, 3.8) is 0 Å². The molecule has 76 valence electrons. The summed E-state index contributed by atoms with van der Waals surface area (Å²) in [6, 6.07) is 7.54. The first-order valence-corrected chi connectivity index (χ1v) is 5.07. The first kappa shape index (κ1) is 10.0. The van der Waals surface area contributed by atoms with Crippen LogP contribution in [0.2, 0.25) is 0 Å². The summed E-state index contributed by atoms with van der Waals surface area (Å²) in [4.78, 5) is 4.41. The van der Waals surface area contributed by atoms with Crippen LogP contribution in [0.4, 0.5) is 0 Å². The number of aromatic nitrogens is 2. The van der Waals surface area contributed by atoms with Crippen LogP contribution < -0.4 is 0 Å². The average Bonchev–Trinajstić information content (AvgIpc) is 2.56. The second-order valence-corrected chi connectivity index (χ2v) is 4.11. The Kier molecular flexibility index (Phi) is 2.37. The van der Waals surface area contributed by atoms with E-state index in [1.165, 1.54) is 0 Å². The van der Waals surface area contributed by atoms with Gasteiger partial charge < -0.3 is 4.57 Å². The predicted octanol–water partition coefficient (Wildman–Crippen LogP) is 2.74. The number of fused-ring (bicyclic) bond motifs is 1. The molecule has 0 spiro atoms. The molecule has 2 rings (SSSR count). The van der Waals surface area contributed by atoms with Gasteiger partial charge in [-0.25, -0.2) is 4.98 Å². The standard InChI is InChI=1S/C11H10ClN3/c1-7(12)11-14-9-4-3-8(6-13)5-10(9)15(11)2/h3-5,7H,1-2H3. The molecule has 0 saturated heterocycles. The van der Waals surface area contributed by atoms with Crippen molar-refractivity contribution in [2.24, 2.45) is 7.05 Å². The lowest BCUT2D eigenvalue weighted by Crippen LogP contribution is -1.97. The van der Waals surface area contributed by atoms with Crippen LogP contribution in [0, 0.1) is 11.3 Å². The molecule has 15 heavy (non-hydrogen) atoms. The van der Waals surface area contributed by atoms with Gasteiger partial charge in [0.15, 0.2) is 0 Å². The summed E-state index contributed by atoms with van der Waals surface area (Å²) >= 11 is 6.01. The summed E-state index contributed by atoms with van der Waals surface area (Å²) in [5, 5.41) is 8.67. The summed E-state index contributed by atoms with van der Waals surface area (Å²) in [5.41, 5.74) is 2.45. The maximum atomic E-state index is 8.80. The van der Waals surface area contributed by atoms with E-state index in [9.17, 15) is 0 Å². The second kappa shape index (κ2) is 3.56. The third-order valence-electron chi connectivity index (χ3n) is 2.40. The lowest BCUT2D eigenvalue weighted by molar-refractivity contribution is 0.812. The maximum Gasteiger partial charge on any atom is 0.127 e. The number of nitriles is 1. The smallest absolute Gasteiger partial charge is 0.127 e. The minimum atomic E-state index is -0.132. The molecule has 0 aliphatic heterocycles. The number of aryl methyl sites for hydroxylation is 1. The van der Waals surface area contributed by atoms with Crippen LogP contribution in [0.1, 0.15) is 23.7 Å². The molecule has 1 atom stereocenters. The largest absolute Gasteiger partial charge is 0.330 e. The fourth-order valence-electron chi connectivity index (χ4n) is 1.63. The monoisotopic (exact) mass is 219 g/mol. The normalized spacial score (nSPS) is 12.7. The van der Waals surface area contributed by atoms with Crippen molar-refractivity contribution < 1.29 is 0 Å². The van der Waals surface area contributed by atoms with Crippen molar-refractivity contribution in [3.05, 3.63) is 29.6 Å². The van der Waals surface area contributed by atoms with Crippen molar-refractivity contribution in [1.29, 1.82) is 5.26 Å². The van der Waals surface area contributed by atoms with Crippen LogP contribution >= 0.6 is 11.6 Å². The molecule has 1 heterocycles. The third-order valence-corrected chi connectivity index (χ3v) is 2.60. The molecule has 2 aromatic rings. The Bertz CT molecular complexity index is 549. The number of alkyl halides is 1. The topological polar surface area (TPSA) is 41.6 Å². The molecule has 0 aliphatic rings. The summed E-state index contributed by atoms with van der Waals surface area (Å²) in [6.45, 7) is 1.88. The van der Waals surface area contributed by atoms with Crippen LogP contribution in [0.15, 0.2) is 18.2 Å². The Hall–Kier alpha value is -1.53. The zero-order chi connectivity index (χ0) is 11.0. The zero-order valence-corrected chi connectivity index (χ0v) is 9.28. The molecular weight excluding hydrogens is 210 g/mol. The molecule has 0 N–H and O–H groups in total. The Morgan fingerprint density at radius 3 is 2.87 bits per heavy atom. The molecular formula is C11H10ClN3. The number of hydrogen-bond donors (Lipinski definition) is 0. The number of halogens is 1. The summed E-state index contributed by atoms with van der Waals surface area (Å²) in [5.74, 6) is 0.821. The lowest BCUT2D eigenvalue weighted by atomic mass is 10.2. The number of hydrogen-bond acceptors (Lipinski definition) is 2. The van der Waals surface area contributed by atoms with Crippen molar-refractivity contribution in [3.8, 4) is 6.07 Å². The van der Waals surface area contributed by atoms with Crippen LogP contribution in [0.3, 0.4) is 0 Å². The van der Waals surface area contributed by atoms with E-state index in [1.54, 1.807) is 6.07 Å². The average molecular weight is 220 g/mol. The highest BCUT2D eigenvalue weighted by Gasteiger charge is 2.12. The van der Waals surface area contributed by atoms with Gasteiger partial charge in [-0.05, 0) is 25.1 Å². The summed E-state index contributed by atoms with van der Waals surface area (Å²) in [6.07, 6.45) is 0. The Morgan fingerprint density at radius 1 is 1.53 bits per heavy atom. The molecule has 1 aromatic carbocycles. The van der Waals surface area contributed by atoms with E-state index < -0.39 is 0 Å². The van der Waals surface area contributed by atoms with Gasteiger partial charge in [-0.1, -0.05) is 0 Å². The molecule has 0 aliphatic carbocycles. The molecule has 0 fully saturated rings. The number of imidazole rings is 1. The highest BCUT2D eigenvalue weighted by Crippen LogP contribution is 2.23. The first-order valence-electron chi connectivity index (χ1n) is 4.64. The Balaban J connectivity index is 2.73. The van der Waals surface area contributed by atoms with Gasteiger partial charge in [0.25, 0.3) is 0 Å². The minimum Gasteiger partial charge on any atom is -0.330 e. The molecule has 4 heteroatoms. The van der Waals surface area contributed by atoms with Crippen LogP contribution in [0.25, 0.3) is 11.0 Å². The Morgan fingerprint density at radius 2 is 2.27 bits per heavy atom. The SMILES string of the molecule is CC(Cl)c1nc2ccc(C#N)cc2n1C. The van der Waals surface area contributed by atoms with E-state index in [0.717, 1.165) is 16.9 Å². The summed E-state index contributed by atoms with van der Waals surface area (Å²) < 4.78 is 1.92. The van der Waals surface area contributed by atoms with Crippen LogP contribution in [-0.2, 0) is 7.05 Å².